The molecule has 1 aromatic rings. The molecule has 0 spiro atoms. The molecule has 1 N–H and O–H groups in total. The summed E-state index contributed by atoms with van der Waals surface area (Å²) in [6.07, 6.45) is 0.578. The van der Waals surface area contributed by atoms with Crippen molar-refractivity contribution in [1.82, 2.24) is 0 Å². The van der Waals surface area contributed by atoms with E-state index in [9.17, 15) is 9.90 Å². The van der Waals surface area contributed by atoms with E-state index in [1.807, 2.05) is 33.8 Å². The third-order valence-corrected chi connectivity index (χ3v) is 4.47. The number of benzene rings is 1. The van der Waals surface area contributed by atoms with E-state index in [0.29, 0.717) is 24.5 Å². The monoisotopic (exact) mass is 338 g/mol. The predicted molar refractivity (Wildman–Crippen MR) is 98.6 cm³/mol. The Morgan fingerprint density at radius 3 is 2.22 bits per heavy atom. The normalized spacial score (nSPS) is 12.3. The van der Waals surface area contributed by atoms with E-state index in [0.717, 1.165) is 22.3 Å². The Morgan fingerprint density at radius 2 is 1.74 bits per heavy atom. The number of carbonyl (C=O) groups is 1. The van der Waals surface area contributed by atoms with Gasteiger partial charge in [-0.3, -0.25) is 4.79 Å². The standard InChI is InChI=1S/C19H30O3S/c1-12-13(2)16(20)15(18(3,4)5)10-14(12)11-19(6,7)17(21)22-8-9-23/h10,20,23H,8-9,11H2,1-7H3. The van der Waals surface area contributed by atoms with Crippen LogP contribution in [0, 0.1) is 19.3 Å². The molecule has 0 aromatic heterocycles. The molecular weight excluding hydrogens is 308 g/mol. The molecule has 0 bridgehead atoms. The fraction of sp³-hybridized carbons (Fsp3) is 0.632. The molecule has 0 saturated heterocycles. The zero-order chi connectivity index (χ0) is 18.0. The van der Waals surface area contributed by atoms with Crippen molar-refractivity contribution in [2.75, 3.05) is 12.4 Å². The minimum atomic E-state index is -0.619. The number of hydrogen-bond acceptors (Lipinski definition) is 4. The Balaban J connectivity index is 3.23. The SMILES string of the molecule is Cc1c(CC(C)(C)C(=O)OCCS)cc(C(C)(C)C)c(O)c1C. The summed E-state index contributed by atoms with van der Waals surface area (Å²) in [6, 6.07) is 2.03. The molecular formula is C19H30O3S. The van der Waals surface area contributed by atoms with Gasteiger partial charge in [-0.2, -0.15) is 12.6 Å². The lowest BCUT2D eigenvalue weighted by atomic mass is 9.78. The summed E-state index contributed by atoms with van der Waals surface area (Å²) in [5.41, 5.74) is 3.13. The molecule has 0 atom stereocenters. The van der Waals surface area contributed by atoms with Crippen molar-refractivity contribution < 1.29 is 14.6 Å². The van der Waals surface area contributed by atoms with Crippen LogP contribution in [0.3, 0.4) is 0 Å². The molecule has 3 nitrogen and oxygen atoms in total. The van der Waals surface area contributed by atoms with E-state index in [1.165, 1.54) is 0 Å². The summed E-state index contributed by atoms with van der Waals surface area (Å²) in [5, 5.41) is 10.5. The van der Waals surface area contributed by atoms with Crippen LogP contribution in [0.4, 0.5) is 0 Å². The average molecular weight is 339 g/mol. The van der Waals surface area contributed by atoms with Crippen LogP contribution in [-0.4, -0.2) is 23.4 Å². The van der Waals surface area contributed by atoms with Crippen LogP contribution in [0.1, 0.15) is 56.9 Å². The number of rotatable bonds is 5. The van der Waals surface area contributed by atoms with Crippen molar-refractivity contribution in [3.8, 4) is 5.75 Å². The lowest BCUT2D eigenvalue weighted by Crippen LogP contribution is -2.30. The van der Waals surface area contributed by atoms with E-state index in [-0.39, 0.29) is 11.4 Å². The quantitative estimate of drug-likeness (QED) is 0.620. The molecule has 0 saturated carbocycles. The van der Waals surface area contributed by atoms with Crippen molar-refractivity contribution in [1.29, 1.82) is 0 Å². The Labute approximate surface area is 145 Å². The smallest absolute Gasteiger partial charge is 0.311 e. The molecule has 23 heavy (non-hydrogen) atoms. The first-order chi connectivity index (χ1) is 10.4. The molecule has 0 aliphatic rings. The van der Waals surface area contributed by atoms with Gasteiger partial charge in [0, 0.05) is 5.75 Å². The van der Waals surface area contributed by atoms with Crippen LogP contribution in [0.15, 0.2) is 6.07 Å². The molecule has 0 unspecified atom stereocenters. The van der Waals surface area contributed by atoms with Crippen molar-refractivity contribution in [2.45, 2.75) is 60.3 Å². The van der Waals surface area contributed by atoms with Gasteiger partial charge < -0.3 is 9.84 Å². The van der Waals surface area contributed by atoms with Gasteiger partial charge in [-0.25, -0.2) is 0 Å². The van der Waals surface area contributed by atoms with Gasteiger partial charge in [0.25, 0.3) is 0 Å². The van der Waals surface area contributed by atoms with Crippen LogP contribution in [0.5, 0.6) is 5.75 Å². The Bertz CT molecular complexity index is 583. The first-order valence-corrected chi connectivity index (χ1v) is 8.65. The number of ether oxygens (including phenoxy) is 1. The van der Waals surface area contributed by atoms with Gasteiger partial charge in [-0.15, -0.1) is 0 Å². The van der Waals surface area contributed by atoms with Crippen LogP contribution >= 0.6 is 12.6 Å². The largest absolute Gasteiger partial charge is 0.507 e. The van der Waals surface area contributed by atoms with Crippen molar-refractivity contribution in [2.24, 2.45) is 5.41 Å². The molecule has 1 aromatic carbocycles. The fourth-order valence-electron chi connectivity index (χ4n) is 2.61. The molecule has 4 heteroatoms. The molecule has 0 amide bonds. The molecule has 0 fully saturated rings. The van der Waals surface area contributed by atoms with Gasteiger partial charge >= 0.3 is 5.97 Å². The van der Waals surface area contributed by atoms with Crippen molar-refractivity contribution in [3.05, 3.63) is 28.3 Å². The summed E-state index contributed by atoms with van der Waals surface area (Å²) in [6.45, 7) is 14.3. The van der Waals surface area contributed by atoms with Crippen LogP contribution < -0.4 is 0 Å². The first-order valence-electron chi connectivity index (χ1n) is 8.02. The second-order valence-corrected chi connectivity index (χ2v) is 8.30. The topological polar surface area (TPSA) is 46.5 Å². The van der Waals surface area contributed by atoms with Gasteiger partial charge in [0.2, 0.25) is 0 Å². The lowest BCUT2D eigenvalue weighted by Gasteiger charge is -2.28. The van der Waals surface area contributed by atoms with Crippen LogP contribution in [-0.2, 0) is 21.4 Å². The third-order valence-electron chi connectivity index (χ3n) is 4.29. The van der Waals surface area contributed by atoms with Crippen LogP contribution in [0.2, 0.25) is 0 Å². The first kappa shape index (κ1) is 19.9. The van der Waals surface area contributed by atoms with Crippen molar-refractivity contribution in [3.63, 3.8) is 0 Å². The second-order valence-electron chi connectivity index (χ2n) is 7.85. The maximum Gasteiger partial charge on any atom is 0.311 e. The average Bonchev–Trinajstić information content (AvgIpc) is 2.43. The molecule has 0 radical (unpaired) electrons. The summed E-state index contributed by atoms with van der Waals surface area (Å²) < 4.78 is 5.25. The van der Waals surface area contributed by atoms with E-state index >= 15 is 0 Å². The highest BCUT2D eigenvalue weighted by molar-refractivity contribution is 7.80. The fourth-order valence-corrected chi connectivity index (χ4v) is 2.70. The minimum Gasteiger partial charge on any atom is -0.507 e. The Morgan fingerprint density at radius 1 is 1.17 bits per heavy atom. The van der Waals surface area contributed by atoms with E-state index in [4.69, 9.17) is 4.74 Å². The van der Waals surface area contributed by atoms with Gasteiger partial charge in [0.05, 0.1) is 5.41 Å². The van der Waals surface area contributed by atoms with E-state index in [1.54, 1.807) is 0 Å². The maximum absolute atomic E-state index is 12.3. The number of aromatic hydroxyl groups is 1. The number of hydrogen-bond donors (Lipinski definition) is 2. The van der Waals surface area contributed by atoms with Gasteiger partial charge in [-0.1, -0.05) is 26.8 Å². The molecule has 0 aliphatic carbocycles. The lowest BCUT2D eigenvalue weighted by molar-refractivity contribution is -0.153. The highest BCUT2D eigenvalue weighted by atomic mass is 32.1. The Hall–Kier alpha value is -1.16. The van der Waals surface area contributed by atoms with Gasteiger partial charge in [0.15, 0.2) is 0 Å². The predicted octanol–water partition coefficient (Wildman–Crippen LogP) is 4.35. The number of phenolic OH excluding ortho intramolecular Hbond substituents is 1. The maximum atomic E-state index is 12.3. The number of esters is 1. The summed E-state index contributed by atoms with van der Waals surface area (Å²) in [7, 11) is 0. The molecule has 1 rings (SSSR count). The third kappa shape index (κ3) is 4.66. The van der Waals surface area contributed by atoms with E-state index in [2.05, 4.69) is 33.4 Å². The summed E-state index contributed by atoms with van der Waals surface area (Å²) >= 11 is 4.07. The van der Waals surface area contributed by atoms with E-state index < -0.39 is 5.41 Å². The highest BCUT2D eigenvalue weighted by Crippen LogP contribution is 2.38. The van der Waals surface area contributed by atoms with Crippen LogP contribution in [0.25, 0.3) is 0 Å². The summed E-state index contributed by atoms with van der Waals surface area (Å²) in [5.74, 6) is 0.663. The Kier molecular flexibility index (Phi) is 6.19. The second kappa shape index (κ2) is 7.16. The van der Waals surface area contributed by atoms with Gasteiger partial charge in [-0.05, 0) is 61.8 Å². The number of thiol groups is 1. The molecule has 0 heterocycles. The zero-order valence-electron chi connectivity index (χ0n) is 15.4. The molecule has 0 aliphatic heterocycles. The minimum absolute atomic E-state index is 0.159. The van der Waals surface area contributed by atoms with Gasteiger partial charge in [0.1, 0.15) is 12.4 Å². The zero-order valence-corrected chi connectivity index (χ0v) is 16.3. The summed E-state index contributed by atoms with van der Waals surface area (Å²) in [4.78, 5) is 12.3. The highest BCUT2D eigenvalue weighted by Gasteiger charge is 2.31. The molecule has 130 valence electrons. The van der Waals surface area contributed by atoms with Crippen molar-refractivity contribution >= 4 is 18.6 Å². The number of carbonyl (C=O) groups excluding carboxylic acids is 1. The number of phenols is 1.